The van der Waals surface area contributed by atoms with Crippen molar-refractivity contribution in [2.75, 3.05) is 6.61 Å². The highest BCUT2D eigenvalue weighted by Gasteiger charge is 2.57. The van der Waals surface area contributed by atoms with E-state index in [1.807, 2.05) is 48.5 Å². The Morgan fingerprint density at radius 2 is 1.59 bits per heavy atom. The SMILES string of the molecule is CCOB(OC(C)C)B1OC(C)(C)C(C)(C)O1. The maximum Gasteiger partial charge on any atom is 0.488 e. The fraction of sp³-hybridized carbons (Fsp3) is 1.00. The summed E-state index contributed by atoms with van der Waals surface area (Å²) < 4.78 is 23.1. The molecule has 0 aliphatic carbocycles. The van der Waals surface area contributed by atoms with Crippen molar-refractivity contribution >= 4 is 14.0 Å². The minimum absolute atomic E-state index is 0.0746. The monoisotopic (exact) mass is 242 g/mol. The van der Waals surface area contributed by atoms with Gasteiger partial charge in [0, 0.05) is 12.7 Å². The topological polar surface area (TPSA) is 36.9 Å². The normalized spacial score (nSPS) is 22.2. The Morgan fingerprint density at radius 1 is 1.12 bits per heavy atom. The quantitative estimate of drug-likeness (QED) is 0.691. The van der Waals surface area contributed by atoms with Crippen molar-refractivity contribution in [3.05, 3.63) is 0 Å². The molecule has 98 valence electrons. The molecular weight excluding hydrogens is 218 g/mol. The molecule has 0 aromatic heterocycles. The zero-order chi connectivity index (χ0) is 13.3. The van der Waals surface area contributed by atoms with Gasteiger partial charge in [-0.3, -0.25) is 0 Å². The van der Waals surface area contributed by atoms with Crippen molar-refractivity contribution < 1.29 is 18.6 Å². The van der Waals surface area contributed by atoms with Crippen LogP contribution in [0.15, 0.2) is 0 Å². The minimum atomic E-state index is -0.471. The zero-order valence-corrected chi connectivity index (χ0v) is 12.1. The average molecular weight is 242 g/mol. The van der Waals surface area contributed by atoms with E-state index < -0.39 is 14.0 Å². The maximum atomic E-state index is 5.91. The third-order valence-electron chi connectivity index (χ3n) is 3.23. The van der Waals surface area contributed by atoms with Gasteiger partial charge in [0.05, 0.1) is 11.2 Å². The first kappa shape index (κ1) is 15.0. The van der Waals surface area contributed by atoms with Gasteiger partial charge in [0.1, 0.15) is 0 Å². The van der Waals surface area contributed by atoms with Crippen LogP contribution in [0.3, 0.4) is 0 Å². The van der Waals surface area contributed by atoms with E-state index in [1.165, 1.54) is 0 Å². The van der Waals surface area contributed by atoms with E-state index in [2.05, 4.69) is 0 Å². The van der Waals surface area contributed by atoms with E-state index >= 15 is 0 Å². The highest BCUT2D eigenvalue weighted by atomic mass is 16.7. The summed E-state index contributed by atoms with van der Waals surface area (Å²) in [6.07, 6.45) is 0.0746. The lowest BCUT2D eigenvalue weighted by atomic mass is 9.48. The molecule has 1 rings (SSSR count). The Labute approximate surface area is 106 Å². The molecule has 0 bridgehead atoms. The third kappa shape index (κ3) is 3.47. The zero-order valence-electron chi connectivity index (χ0n) is 12.1. The summed E-state index contributed by atoms with van der Waals surface area (Å²) >= 11 is 0. The molecule has 0 amide bonds. The van der Waals surface area contributed by atoms with E-state index in [9.17, 15) is 0 Å². The van der Waals surface area contributed by atoms with Gasteiger partial charge in [0.25, 0.3) is 0 Å². The second-order valence-electron chi connectivity index (χ2n) is 5.63. The molecule has 6 heteroatoms. The van der Waals surface area contributed by atoms with Crippen LogP contribution in [0.5, 0.6) is 0 Å². The van der Waals surface area contributed by atoms with Gasteiger partial charge in [-0.2, -0.15) is 0 Å². The van der Waals surface area contributed by atoms with Crippen LogP contribution >= 0.6 is 0 Å². The molecule has 4 nitrogen and oxygen atoms in total. The van der Waals surface area contributed by atoms with Gasteiger partial charge in [-0.05, 0) is 48.5 Å². The molecule has 0 saturated carbocycles. The van der Waals surface area contributed by atoms with Gasteiger partial charge in [-0.1, -0.05) is 0 Å². The van der Waals surface area contributed by atoms with Gasteiger partial charge >= 0.3 is 14.0 Å². The molecule has 1 fully saturated rings. The first-order valence-electron chi connectivity index (χ1n) is 6.32. The summed E-state index contributed by atoms with van der Waals surface area (Å²) in [7, 11) is -0.941. The summed E-state index contributed by atoms with van der Waals surface area (Å²) in [5.41, 5.74) is -0.708. The van der Waals surface area contributed by atoms with Crippen LogP contribution in [0, 0.1) is 0 Å². The van der Waals surface area contributed by atoms with E-state index in [4.69, 9.17) is 18.6 Å². The van der Waals surface area contributed by atoms with Gasteiger partial charge < -0.3 is 18.6 Å². The highest BCUT2D eigenvalue weighted by molar-refractivity contribution is 7.10. The molecule has 0 unspecified atom stereocenters. The third-order valence-corrected chi connectivity index (χ3v) is 3.23. The molecule has 0 N–H and O–H groups in total. The molecular formula is C11H24B2O4. The molecule has 1 saturated heterocycles. The van der Waals surface area contributed by atoms with E-state index in [0.29, 0.717) is 6.61 Å². The molecule has 1 heterocycles. The van der Waals surface area contributed by atoms with Gasteiger partial charge in [0.2, 0.25) is 0 Å². The Morgan fingerprint density at radius 3 is 1.94 bits per heavy atom. The van der Waals surface area contributed by atoms with Crippen LogP contribution in [0.4, 0.5) is 0 Å². The molecule has 1 aliphatic heterocycles. The van der Waals surface area contributed by atoms with Crippen LogP contribution in [0.25, 0.3) is 0 Å². The molecule has 0 radical (unpaired) electrons. The minimum Gasteiger partial charge on any atom is -0.414 e. The maximum absolute atomic E-state index is 5.91. The summed E-state index contributed by atoms with van der Waals surface area (Å²) in [6, 6.07) is 0. The van der Waals surface area contributed by atoms with Crippen LogP contribution in [-0.4, -0.2) is 37.9 Å². The van der Waals surface area contributed by atoms with Crippen molar-refractivity contribution in [3.8, 4) is 0 Å². The lowest BCUT2D eigenvalue weighted by molar-refractivity contribution is 0.00578. The second kappa shape index (κ2) is 5.31. The number of hydrogen-bond donors (Lipinski definition) is 0. The average Bonchev–Trinajstić information content (AvgIpc) is 2.34. The van der Waals surface area contributed by atoms with E-state index in [0.717, 1.165) is 0 Å². The van der Waals surface area contributed by atoms with Crippen molar-refractivity contribution in [3.63, 3.8) is 0 Å². The van der Waals surface area contributed by atoms with Crippen LogP contribution in [0.1, 0.15) is 48.5 Å². The predicted octanol–water partition coefficient (Wildman–Crippen LogP) is 2.11. The number of rotatable bonds is 5. The van der Waals surface area contributed by atoms with Crippen LogP contribution < -0.4 is 0 Å². The van der Waals surface area contributed by atoms with Crippen molar-refractivity contribution in [1.29, 1.82) is 0 Å². The first-order chi connectivity index (χ1) is 7.69. The molecule has 1 aliphatic rings. The fourth-order valence-corrected chi connectivity index (χ4v) is 1.61. The standard InChI is InChI=1S/C11H24B2O4/c1-8-14-12(15-9(2)3)13-16-10(4,5)11(6,7)17-13/h9H,8H2,1-7H3. The molecule has 0 aromatic rings. The van der Waals surface area contributed by atoms with Gasteiger partial charge in [0.15, 0.2) is 0 Å². The predicted molar refractivity (Wildman–Crippen MR) is 69.7 cm³/mol. The van der Waals surface area contributed by atoms with Gasteiger partial charge in [-0.25, -0.2) is 0 Å². The second-order valence-corrected chi connectivity index (χ2v) is 5.63. The Kier molecular flexibility index (Phi) is 4.69. The van der Waals surface area contributed by atoms with E-state index in [1.54, 1.807) is 0 Å². The van der Waals surface area contributed by atoms with E-state index in [-0.39, 0.29) is 17.3 Å². The highest BCUT2D eigenvalue weighted by Crippen LogP contribution is 2.37. The Bertz CT molecular complexity index is 240. The first-order valence-corrected chi connectivity index (χ1v) is 6.32. The van der Waals surface area contributed by atoms with Crippen molar-refractivity contribution in [2.24, 2.45) is 0 Å². The molecule has 0 spiro atoms. The lowest BCUT2D eigenvalue weighted by Gasteiger charge is -2.32. The Hall–Kier alpha value is -0.0301. The molecule has 0 atom stereocenters. The summed E-state index contributed by atoms with van der Waals surface area (Å²) in [4.78, 5) is 0. The molecule has 17 heavy (non-hydrogen) atoms. The van der Waals surface area contributed by atoms with Crippen LogP contribution in [0.2, 0.25) is 0 Å². The molecule has 0 aromatic carbocycles. The summed E-state index contributed by atoms with van der Waals surface area (Å²) in [5, 5.41) is 0. The van der Waals surface area contributed by atoms with Crippen molar-refractivity contribution in [1.82, 2.24) is 0 Å². The van der Waals surface area contributed by atoms with Crippen molar-refractivity contribution in [2.45, 2.75) is 65.8 Å². The van der Waals surface area contributed by atoms with Gasteiger partial charge in [-0.15, -0.1) is 0 Å². The lowest BCUT2D eigenvalue weighted by Crippen LogP contribution is -2.45. The Balaban J connectivity index is 2.71. The number of hydrogen-bond acceptors (Lipinski definition) is 4. The largest absolute Gasteiger partial charge is 0.488 e. The van der Waals surface area contributed by atoms with Crippen LogP contribution in [-0.2, 0) is 18.6 Å². The summed E-state index contributed by atoms with van der Waals surface area (Å²) in [6.45, 7) is 14.5. The fourth-order valence-electron chi connectivity index (χ4n) is 1.61. The smallest absolute Gasteiger partial charge is 0.414 e. The summed E-state index contributed by atoms with van der Waals surface area (Å²) in [5.74, 6) is 0.